The van der Waals surface area contributed by atoms with Crippen LogP contribution < -0.4 is 9.88 Å². The molecule has 2 heterocycles. The largest absolute Gasteiger partial charge is 0.483 e. The van der Waals surface area contributed by atoms with Gasteiger partial charge in [-0.1, -0.05) is 37.5 Å². The molecule has 0 radical (unpaired) electrons. The Bertz CT molecular complexity index is 1540. The van der Waals surface area contributed by atoms with E-state index in [2.05, 4.69) is 28.7 Å². The number of carbonyl (C=O) groups excluding carboxylic acids is 2. The second-order valence-corrected chi connectivity index (χ2v) is 12.3. The highest BCUT2D eigenvalue weighted by molar-refractivity contribution is 7.94. The number of carbonyl (C=O) groups is 2. The molecule has 4 aromatic rings. The zero-order valence-electron chi connectivity index (χ0n) is 25.4. The van der Waals surface area contributed by atoms with Crippen LogP contribution in [0.1, 0.15) is 66.8 Å². The van der Waals surface area contributed by atoms with Crippen molar-refractivity contribution in [2.75, 3.05) is 33.8 Å². The normalized spacial score (nSPS) is 14.0. The maximum absolute atomic E-state index is 13.2. The number of rotatable bonds is 12. The van der Waals surface area contributed by atoms with Crippen molar-refractivity contribution in [3.05, 3.63) is 72.3 Å². The Labute approximate surface area is 258 Å². The van der Waals surface area contributed by atoms with Crippen molar-refractivity contribution in [1.82, 2.24) is 23.3 Å². The summed E-state index contributed by atoms with van der Waals surface area (Å²) in [4.78, 5) is 31.9. The number of aromatic nitrogens is 3. The average molecular weight is 603 g/mol. The van der Waals surface area contributed by atoms with Gasteiger partial charge in [-0.25, -0.2) is 9.29 Å². The van der Waals surface area contributed by atoms with Crippen LogP contribution in [0.2, 0.25) is 0 Å². The molecule has 0 saturated heterocycles. The lowest BCUT2D eigenvalue weighted by Gasteiger charge is -2.24. The van der Waals surface area contributed by atoms with Crippen molar-refractivity contribution >= 4 is 34.9 Å². The van der Waals surface area contributed by atoms with E-state index in [1.807, 2.05) is 48.7 Å². The molecule has 0 spiro atoms. The van der Waals surface area contributed by atoms with Crippen molar-refractivity contribution in [1.29, 1.82) is 0 Å². The van der Waals surface area contributed by atoms with Gasteiger partial charge in [0, 0.05) is 73.7 Å². The molecule has 1 fully saturated rings. The Morgan fingerprint density at radius 3 is 2.58 bits per heavy atom. The second kappa shape index (κ2) is 14.2. The molecule has 1 amide bonds. The highest BCUT2D eigenvalue weighted by atomic mass is 32.2. The van der Waals surface area contributed by atoms with Crippen molar-refractivity contribution in [3.8, 4) is 17.0 Å². The van der Waals surface area contributed by atoms with Gasteiger partial charge in [-0.2, -0.15) is 0 Å². The first-order chi connectivity index (χ1) is 20.9. The molecule has 1 aliphatic rings. The molecule has 0 unspecified atom stereocenters. The van der Waals surface area contributed by atoms with Crippen LogP contribution >= 0.6 is 12.1 Å². The minimum atomic E-state index is -0.113. The predicted octanol–water partition coefficient (Wildman–Crippen LogP) is 5.85. The summed E-state index contributed by atoms with van der Waals surface area (Å²) in [7, 11) is 5.85. The summed E-state index contributed by atoms with van der Waals surface area (Å²) in [6, 6.07) is 14.0. The van der Waals surface area contributed by atoms with Gasteiger partial charge in [-0.3, -0.25) is 19.3 Å². The van der Waals surface area contributed by atoms with E-state index in [9.17, 15) is 9.59 Å². The first-order valence-corrected chi connectivity index (χ1v) is 15.9. The number of benzene rings is 2. The third-order valence-electron chi connectivity index (χ3n) is 8.55. The number of nitrogens with zero attached hydrogens (tertiary/aromatic N) is 5. The number of nitrogens with two attached hydrogens (primary N) is 1. The van der Waals surface area contributed by atoms with Gasteiger partial charge < -0.3 is 14.2 Å². The molecule has 0 aliphatic heterocycles. The number of imidazole rings is 1. The van der Waals surface area contributed by atoms with Crippen LogP contribution in [0.5, 0.6) is 5.75 Å². The van der Waals surface area contributed by atoms with Crippen molar-refractivity contribution < 1.29 is 14.3 Å². The molecule has 43 heavy (non-hydrogen) atoms. The highest BCUT2D eigenvalue weighted by Crippen LogP contribution is 2.45. The molecular weight excluding hydrogens is 560 g/mol. The van der Waals surface area contributed by atoms with Crippen LogP contribution in [0.15, 0.2) is 61.2 Å². The Morgan fingerprint density at radius 1 is 1.07 bits per heavy atom. The van der Waals surface area contributed by atoms with Gasteiger partial charge in [-0.05, 0) is 68.5 Å². The van der Waals surface area contributed by atoms with E-state index in [1.54, 1.807) is 17.3 Å². The molecule has 2 aromatic heterocycles. The lowest BCUT2D eigenvalue weighted by molar-refractivity contribution is -0.132. The summed E-state index contributed by atoms with van der Waals surface area (Å²) >= 11 is 1.22. The van der Waals surface area contributed by atoms with E-state index in [1.165, 1.54) is 47.9 Å². The quantitative estimate of drug-likeness (QED) is 0.160. The summed E-state index contributed by atoms with van der Waals surface area (Å²) in [6.45, 7) is 1.51. The van der Waals surface area contributed by atoms with Gasteiger partial charge in [0.05, 0.1) is 5.69 Å². The number of hydrogen-bond acceptors (Lipinski definition) is 7. The van der Waals surface area contributed by atoms with E-state index in [0.717, 1.165) is 54.4 Å². The number of para-hydroxylation sites is 1. The van der Waals surface area contributed by atoms with E-state index >= 15 is 0 Å². The Morgan fingerprint density at radius 2 is 1.84 bits per heavy atom. The number of ether oxygens (including phenoxy) is 1. The Balaban J connectivity index is 1.43. The lowest BCUT2D eigenvalue weighted by Crippen LogP contribution is -2.32. The number of amides is 1. The van der Waals surface area contributed by atoms with Gasteiger partial charge in [-0.15, -0.1) is 0 Å². The predicted molar refractivity (Wildman–Crippen MR) is 173 cm³/mol. The van der Waals surface area contributed by atoms with Crippen LogP contribution in [-0.2, 0) is 11.8 Å². The number of hydrogen-bond donors (Lipinski definition) is 1. The smallest absolute Gasteiger partial charge is 0.263 e. The second-order valence-electron chi connectivity index (χ2n) is 11.4. The Kier molecular flexibility index (Phi) is 10.2. The van der Waals surface area contributed by atoms with Crippen molar-refractivity contribution in [3.63, 3.8) is 0 Å². The third kappa shape index (κ3) is 6.98. The lowest BCUT2D eigenvalue weighted by atomic mass is 9.81. The summed E-state index contributed by atoms with van der Waals surface area (Å²) in [6.07, 6.45) is 12.6. The molecule has 228 valence electrons. The fourth-order valence-electron chi connectivity index (χ4n) is 6.16. The van der Waals surface area contributed by atoms with Crippen LogP contribution in [0.25, 0.3) is 22.2 Å². The highest BCUT2D eigenvalue weighted by Gasteiger charge is 2.27. The molecule has 1 aliphatic carbocycles. The van der Waals surface area contributed by atoms with Gasteiger partial charge in [0.2, 0.25) is 0 Å². The molecule has 10 heteroatoms. The summed E-state index contributed by atoms with van der Waals surface area (Å²) in [5, 5.41) is 6.74. The van der Waals surface area contributed by atoms with Crippen LogP contribution in [0.3, 0.4) is 0 Å². The summed E-state index contributed by atoms with van der Waals surface area (Å²) < 4.78 is 11.9. The van der Waals surface area contributed by atoms with Crippen LogP contribution in [0.4, 0.5) is 0 Å². The summed E-state index contributed by atoms with van der Waals surface area (Å²) in [5.41, 5.74) is 4.97. The van der Waals surface area contributed by atoms with E-state index in [-0.39, 0.29) is 18.4 Å². The molecule has 0 bridgehead atoms. The van der Waals surface area contributed by atoms with Gasteiger partial charge >= 0.3 is 0 Å². The number of unbranched alkanes of at least 4 members (excludes halogenated alkanes) is 1. The third-order valence-corrected chi connectivity index (χ3v) is 9.10. The zero-order chi connectivity index (χ0) is 30.3. The Hall–Kier alpha value is -3.60. The van der Waals surface area contributed by atoms with Crippen LogP contribution in [-0.4, -0.2) is 68.9 Å². The molecule has 0 atom stereocenters. The minimum Gasteiger partial charge on any atom is -0.483 e. The minimum absolute atomic E-state index is 0.0294. The maximum Gasteiger partial charge on any atom is 0.263 e. The van der Waals surface area contributed by atoms with Gasteiger partial charge in [0.15, 0.2) is 6.61 Å². The van der Waals surface area contributed by atoms with E-state index in [4.69, 9.17) is 9.88 Å². The average Bonchev–Trinajstić information content (AvgIpc) is 3.68. The maximum atomic E-state index is 13.2. The first kappa shape index (κ1) is 30.8. The first-order valence-electron chi connectivity index (χ1n) is 15.1. The monoisotopic (exact) mass is 602 g/mol. The number of fused-ring (bicyclic) bond motifs is 1. The van der Waals surface area contributed by atoms with Crippen molar-refractivity contribution in [2.24, 2.45) is 12.2 Å². The number of likely N-dealkylation sites (N-methyl/N-ethyl adjacent to an activating group) is 1. The van der Waals surface area contributed by atoms with E-state index in [0.29, 0.717) is 23.8 Å². The van der Waals surface area contributed by atoms with Crippen LogP contribution in [0, 0.1) is 0 Å². The SMILES string of the molecule is CN(CCCCN(C)C(=O)COc1ccccc1-c1c(C2CCCCC2)c2ccc(C(=O)n3ccnc3)cc2n1C)SN. The molecule has 5 rings (SSSR count). The van der Waals surface area contributed by atoms with Crippen molar-refractivity contribution in [2.45, 2.75) is 50.9 Å². The number of aryl methyl sites for hydroxylation is 1. The van der Waals surface area contributed by atoms with E-state index < -0.39 is 0 Å². The molecule has 2 N–H and O–H groups in total. The van der Waals surface area contributed by atoms with Gasteiger partial charge in [0.25, 0.3) is 11.8 Å². The standard InChI is InChI=1S/C33H42N6O3S/c1-36(18-9-10-19-37(2)43-34)30(40)22-42-29-14-8-7-13-27(29)32-31(24-11-5-4-6-12-24)26-16-15-25(21-28(26)38(32)3)33(41)39-20-17-35-23-39/h7-8,13-17,20-21,23-24H,4-6,9-12,18-19,22,34H2,1-3H3. The fraction of sp³-hybridized carbons (Fsp3) is 0.424. The van der Waals surface area contributed by atoms with Gasteiger partial charge in [0.1, 0.15) is 12.1 Å². The molecule has 9 nitrogen and oxygen atoms in total. The molecule has 1 saturated carbocycles. The summed E-state index contributed by atoms with van der Waals surface area (Å²) in [5.74, 6) is 0.935. The fourth-order valence-corrected chi connectivity index (χ4v) is 6.39. The zero-order valence-corrected chi connectivity index (χ0v) is 26.2. The topological polar surface area (TPSA) is 98.6 Å². The molecule has 2 aromatic carbocycles. The molecular formula is C33H42N6O3S.